The van der Waals surface area contributed by atoms with Crippen LogP contribution in [0, 0.1) is 6.92 Å². The second-order valence-electron chi connectivity index (χ2n) is 8.39. The lowest BCUT2D eigenvalue weighted by molar-refractivity contribution is 0.0988. The van der Waals surface area contributed by atoms with Crippen molar-refractivity contribution in [1.29, 1.82) is 0 Å². The first-order valence-electron chi connectivity index (χ1n) is 11.4. The van der Waals surface area contributed by atoms with Gasteiger partial charge in [0.05, 0.1) is 35.8 Å². The molecule has 1 N–H and O–H groups in total. The van der Waals surface area contributed by atoms with Gasteiger partial charge < -0.3 is 19.6 Å². The third-order valence-electron chi connectivity index (χ3n) is 5.95. The van der Waals surface area contributed by atoms with Crippen LogP contribution >= 0.6 is 0 Å². The normalized spacial score (nSPS) is 10.8. The number of hydrogen-bond donors (Lipinski definition) is 1. The van der Waals surface area contributed by atoms with E-state index < -0.39 is 0 Å². The van der Waals surface area contributed by atoms with Gasteiger partial charge in [0.1, 0.15) is 23.7 Å². The Labute approximate surface area is 209 Å². The van der Waals surface area contributed by atoms with Gasteiger partial charge in [-0.25, -0.2) is 15.0 Å². The summed E-state index contributed by atoms with van der Waals surface area (Å²) in [5, 5.41) is 14.2. The number of aryl methyl sites for hydroxylation is 2. The van der Waals surface area contributed by atoms with Gasteiger partial charge in [0.15, 0.2) is 17.4 Å². The first-order chi connectivity index (χ1) is 17.2. The lowest BCUT2D eigenvalue weighted by Crippen LogP contribution is -2.19. The molecule has 4 aromatic rings. The van der Waals surface area contributed by atoms with Crippen molar-refractivity contribution in [2.75, 3.05) is 31.0 Å². The minimum Gasteiger partial charge on any atom is -0.506 e. The molecule has 10 heteroatoms. The Morgan fingerprint density at radius 2 is 1.86 bits per heavy atom. The smallest absolute Gasteiger partial charge is 0.184 e. The predicted octanol–water partition coefficient (Wildman–Crippen LogP) is 4.42. The quantitative estimate of drug-likeness (QED) is 0.361. The number of Topliss-reactive ketones (excluding diaryl/α,β-unsaturated/α-hetero) is 1. The summed E-state index contributed by atoms with van der Waals surface area (Å²) in [6.45, 7) is 3.69. The van der Waals surface area contributed by atoms with Gasteiger partial charge in [-0.2, -0.15) is 5.10 Å². The van der Waals surface area contributed by atoms with E-state index in [4.69, 9.17) is 4.74 Å². The number of ketones is 1. The van der Waals surface area contributed by atoms with Crippen molar-refractivity contribution in [3.05, 3.63) is 60.2 Å². The highest BCUT2D eigenvalue weighted by molar-refractivity contribution is 6.02. The number of carbonyl (C=O) groups excluding carboxylic acids is 1. The van der Waals surface area contributed by atoms with Crippen molar-refractivity contribution in [3.63, 3.8) is 0 Å². The maximum absolute atomic E-state index is 12.9. The van der Waals surface area contributed by atoms with Crippen LogP contribution in [0.4, 0.5) is 23.0 Å². The highest BCUT2D eigenvalue weighted by atomic mass is 16.5. The molecule has 3 aromatic heterocycles. The summed E-state index contributed by atoms with van der Waals surface area (Å²) >= 11 is 0. The fraction of sp³-hybridized carbons (Fsp3) is 0.269. The van der Waals surface area contributed by atoms with Crippen molar-refractivity contribution in [2.45, 2.75) is 20.3 Å². The summed E-state index contributed by atoms with van der Waals surface area (Å²) < 4.78 is 7.44. The molecule has 0 saturated carbocycles. The molecule has 0 radical (unpaired) electrons. The third-order valence-corrected chi connectivity index (χ3v) is 5.95. The van der Waals surface area contributed by atoms with Crippen LogP contribution in [0.25, 0.3) is 11.4 Å². The summed E-state index contributed by atoms with van der Waals surface area (Å²) in [7, 11) is 7.13. The molecule has 0 aliphatic carbocycles. The van der Waals surface area contributed by atoms with Gasteiger partial charge in [0.2, 0.25) is 0 Å². The Bertz CT molecular complexity index is 1420. The first kappa shape index (κ1) is 24.6. The summed E-state index contributed by atoms with van der Waals surface area (Å²) in [4.78, 5) is 29.9. The number of benzene rings is 1. The molecule has 0 bridgehead atoms. The zero-order chi connectivity index (χ0) is 26.0. The van der Waals surface area contributed by atoms with Crippen LogP contribution in [0.15, 0.2) is 49.1 Å². The van der Waals surface area contributed by atoms with Crippen LogP contribution in [0.2, 0.25) is 0 Å². The van der Waals surface area contributed by atoms with Crippen molar-refractivity contribution >= 4 is 28.8 Å². The van der Waals surface area contributed by atoms with Gasteiger partial charge in [0, 0.05) is 39.8 Å². The monoisotopic (exact) mass is 487 g/mol. The molecule has 10 nitrogen and oxygen atoms in total. The molecule has 3 heterocycles. The topological polar surface area (TPSA) is 110 Å². The predicted molar refractivity (Wildman–Crippen MR) is 139 cm³/mol. The van der Waals surface area contributed by atoms with E-state index in [1.165, 1.54) is 6.20 Å². The number of rotatable bonds is 8. The van der Waals surface area contributed by atoms with Crippen molar-refractivity contribution in [1.82, 2.24) is 24.7 Å². The van der Waals surface area contributed by atoms with Crippen molar-refractivity contribution in [3.8, 4) is 22.9 Å². The molecule has 0 amide bonds. The Hall–Kier alpha value is -4.47. The number of pyridine rings is 2. The highest BCUT2D eigenvalue weighted by Gasteiger charge is 2.23. The number of aromatic nitrogens is 5. The van der Waals surface area contributed by atoms with Crippen molar-refractivity contribution in [2.24, 2.45) is 7.05 Å². The zero-order valence-corrected chi connectivity index (χ0v) is 21.2. The minimum atomic E-state index is -0.0287. The molecule has 0 aliphatic rings. The molecule has 0 atom stereocenters. The first-order valence-corrected chi connectivity index (χ1v) is 11.4. The van der Waals surface area contributed by atoms with Gasteiger partial charge in [0.25, 0.3) is 0 Å². The van der Waals surface area contributed by atoms with Crippen LogP contribution < -0.4 is 14.5 Å². The Morgan fingerprint density at radius 3 is 2.50 bits per heavy atom. The largest absolute Gasteiger partial charge is 0.506 e. The van der Waals surface area contributed by atoms with E-state index in [9.17, 15) is 9.90 Å². The van der Waals surface area contributed by atoms with Gasteiger partial charge in [-0.05, 0) is 30.7 Å². The summed E-state index contributed by atoms with van der Waals surface area (Å²) in [6, 6.07) is 9.21. The maximum atomic E-state index is 12.9. The SMILES string of the molecule is CCC(=O)c1cnc(N(C)c2ncc(O)cc2C)cc1N(C)c1cccc(-c2ncn(C)n2)c1OC. The summed E-state index contributed by atoms with van der Waals surface area (Å²) in [5.74, 6) is 2.43. The molecule has 0 fully saturated rings. The van der Waals surface area contributed by atoms with E-state index in [-0.39, 0.29) is 11.5 Å². The van der Waals surface area contributed by atoms with E-state index in [0.29, 0.717) is 40.9 Å². The molecule has 1 aromatic carbocycles. The molecule has 0 unspecified atom stereocenters. The van der Waals surface area contributed by atoms with Gasteiger partial charge >= 0.3 is 0 Å². The highest BCUT2D eigenvalue weighted by Crippen LogP contribution is 2.41. The Balaban J connectivity index is 1.84. The number of carbonyl (C=O) groups is 1. The van der Waals surface area contributed by atoms with Gasteiger partial charge in [-0.15, -0.1) is 0 Å². The fourth-order valence-corrected chi connectivity index (χ4v) is 4.08. The second-order valence-corrected chi connectivity index (χ2v) is 8.39. The Kier molecular flexibility index (Phi) is 6.86. The summed E-state index contributed by atoms with van der Waals surface area (Å²) in [6.07, 6.45) is 4.96. The molecule has 0 saturated heterocycles. The number of methoxy groups -OCH3 is 1. The minimum absolute atomic E-state index is 0.0287. The number of anilines is 4. The van der Waals surface area contributed by atoms with Crippen LogP contribution in [-0.2, 0) is 7.05 Å². The number of hydrogen-bond acceptors (Lipinski definition) is 9. The zero-order valence-electron chi connectivity index (χ0n) is 21.2. The van der Waals surface area contributed by atoms with Crippen LogP contribution in [0.1, 0.15) is 29.3 Å². The standard InChI is InChI=1S/C26H29N7O3/c1-7-22(35)19-14-27-23(33(5)26-16(2)11-17(34)13-28-26)12-21(19)32(4)20-10-8-9-18(24(20)36-6)25-29-15-31(3)30-25/h8-15,34H,7H2,1-6H3. The maximum Gasteiger partial charge on any atom is 0.184 e. The average molecular weight is 488 g/mol. The molecule has 0 spiro atoms. The van der Waals surface area contributed by atoms with E-state index in [0.717, 1.165) is 16.8 Å². The van der Waals surface area contributed by atoms with Gasteiger partial charge in [-0.3, -0.25) is 9.48 Å². The molecule has 0 aliphatic heterocycles. The van der Waals surface area contributed by atoms with Gasteiger partial charge in [-0.1, -0.05) is 13.0 Å². The number of ether oxygens (including phenoxy) is 1. The number of para-hydroxylation sites is 1. The van der Waals surface area contributed by atoms with E-state index in [1.54, 1.807) is 37.4 Å². The van der Waals surface area contributed by atoms with Crippen LogP contribution in [0.5, 0.6) is 11.5 Å². The number of aromatic hydroxyl groups is 1. The van der Waals surface area contributed by atoms with Crippen LogP contribution in [-0.4, -0.2) is 56.8 Å². The number of nitrogens with zero attached hydrogens (tertiary/aromatic N) is 7. The molecular weight excluding hydrogens is 458 g/mol. The molecule has 36 heavy (non-hydrogen) atoms. The lowest BCUT2D eigenvalue weighted by Gasteiger charge is -2.27. The Morgan fingerprint density at radius 1 is 1.08 bits per heavy atom. The van der Waals surface area contributed by atoms with E-state index in [2.05, 4.69) is 20.1 Å². The molecule has 186 valence electrons. The van der Waals surface area contributed by atoms with Crippen LogP contribution in [0.3, 0.4) is 0 Å². The second kappa shape index (κ2) is 10.0. The summed E-state index contributed by atoms with van der Waals surface area (Å²) in [5.41, 5.74) is 3.43. The fourth-order valence-electron chi connectivity index (χ4n) is 4.08. The van der Waals surface area contributed by atoms with E-state index >= 15 is 0 Å². The third kappa shape index (κ3) is 4.57. The molecule has 4 rings (SSSR count). The van der Waals surface area contributed by atoms with Crippen molar-refractivity contribution < 1.29 is 14.6 Å². The molecular formula is C26H29N7O3. The lowest BCUT2D eigenvalue weighted by atomic mass is 10.1. The average Bonchev–Trinajstić information content (AvgIpc) is 3.32. The van der Waals surface area contributed by atoms with E-state index in [1.807, 2.05) is 62.0 Å².